The Balaban J connectivity index is 2.29. The number of benzene rings is 1. The van der Waals surface area contributed by atoms with Crippen molar-refractivity contribution in [3.63, 3.8) is 0 Å². The van der Waals surface area contributed by atoms with Crippen LogP contribution in [0.15, 0.2) is 30.3 Å². The predicted molar refractivity (Wildman–Crippen MR) is 59.4 cm³/mol. The second-order valence-corrected chi connectivity index (χ2v) is 3.85. The van der Waals surface area contributed by atoms with E-state index >= 15 is 0 Å². The lowest BCUT2D eigenvalue weighted by molar-refractivity contribution is -0.144. The molecule has 2 heteroatoms. The number of ether oxygens (including phenoxy) is 1. The average molecular weight is 202 g/mol. The normalized spacial score (nSPS) is 23.3. The molecule has 15 heavy (non-hydrogen) atoms. The molecule has 2 nitrogen and oxygen atoms in total. The Morgan fingerprint density at radius 3 is 2.80 bits per heavy atom. The molecule has 0 saturated carbocycles. The van der Waals surface area contributed by atoms with Crippen molar-refractivity contribution in [2.75, 3.05) is 0 Å². The molecule has 1 aliphatic carbocycles. The third-order valence-corrected chi connectivity index (χ3v) is 2.75. The van der Waals surface area contributed by atoms with E-state index in [4.69, 9.17) is 4.74 Å². The topological polar surface area (TPSA) is 26.3 Å². The lowest BCUT2D eigenvalue weighted by Crippen LogP contribution is -2.23. The minimum atomic E-state index is -0.226. The van der Waals surface area contributed by atoms with Crippen molar-refractivity contribution in [2.45, 2.75) is 25.9 Å². The van der Waals surface area contributed by atoms with Crippen LogP contribution in [0.2, 0.25) is 0 Å². The van der Waals surface area contributed by atoms with E-state index in [1.54, 1.807) is 0 Å². The molecule has 1 aromatic rings. The summed E-state index contributed by atoms with van der Waals surface area (Å²) in [7, 11) is 0. The molecule has 78 valence electrons. The lowest BCUT2D eigenvalue weighted by Gasteiger charge is -2.26. The quantitative estimate of drug-likeness (QED) is 0.654. The highest BCUT2D eigenvalue weighted by Gasteiger charge is 2.23. The number of esters is 1. The maximum Gasteiger partial charge on any atom is 0.303 e. The van der Waals surface area contributed by atoms with Crippen LogP contribution in [-0.4, -0.2) is 12.1 Å². The standard InChI is InChI=1S/C13H14O2/c1-9-12-6-4-3-5-11(12)7-8-13(9)15-10(2)14/h3-9,13H,1-2H3/t9-,13-/m1/s1. The van der Waals surface area contributed by atoms with Gasteiger partial charge in [0.1, 0.15) is 6.10 Å². The van der Waals surface area contributed by atoms with Crippen molar-refractivity contribution in [1.82, 2.24) is 0 Å². The van der Waals surface area contributed by atoms with Gasteiger partial charge in [0.2, 0.25) is 0 Å². The summed E-state index contributed by atoms with van der Waals surface area (Å²) in [6.45, 7) is 3.52. The Morgan fingerprint density at radius 2 is 2.07 bits per heavy atom. The smallest absolute Gasteiger partial charge is 0.303 e. The first-order valence-corrected chi connectivity index (χ1v) is 5.13. The number of carbonyl (C=O) groups excluding carboxylic acids is 1. The van der Waals surface area contributed by atoms with Crippen molar-refractivity contribution < 1.29 is 9.53 Å². The molecule has 0 amide bonds. The first kappa shape index (κ1) is 9.97. The number of rotatable bonds is 1. The number of hydrogen-bond acceptors (Lipinski definition) is 2. The average Bonchev–Trinajstić information content (AvgIpc) is 2.22. The van der Waals surface area contributed by atoms with Gasteiger partial charge in [0.25, 0.3) is 0 Å². The van der Waals surface area contributed by atoms with Gasteiger partial charge in [-0.3, -0.25) is 4.79 Å². The van der Waals surface area contributed by atoms with E-state index in [0.29, 0.717) is 0 Å². The van der Waals surface area contributed by atoms with E-state index in [1.165, 1.54) is 18.1 Å². The Hall–Kier alpha value is -1.57. The van der Waals surface area contributed by atoms with E-state index in [9.17, 15) is 4.79 Å². The summed E-state index contributed by atoms with van der Waals surface area (Å²) in [6, 6.07) is 8.19. The van der Waals surface area contributed by atoms with E-state index in [-0.39, 0.29) is 18.0 Å². The molecule has 0 radical (unpaired) electrons. The van der Waals surface area contributed by atoms with Crippen LogP contribution in [-0.2, 0) is 9.53 Å². The Bertz CT molecular complexity index is 407. The second-order valence-electron chi connectivity index (χ2n) is 3.85. The third-order valence-electron chi connectivity index (χ3n) is 2.75. The molecule has 0 aromatic heterocycles. The number of fused-ring (bicyclic) bond motifs is 1. The summed E-state index contributed by atoms with van der Waals surface area (Å²) in [6.07, 6.45) is 3.84. The molecule has 1 aliphatic rings. The zero-order valence-corrected chi connectivity index (χ0v) is 8.94. The highest BCUT2D eigenvalue weighted by Crippen LogP contribution is 2.30. The van der Waals surface area contributed by atoms with Gasteiger partial charge < -0.3 is 4.74 Å². The Kier molecular flexibility index (Phi) is 2.58. The molecule has 0 N–H and O–H groups in total. The van der Waals surface area contributed by atoms with E-state index in [1.807, 2.05) is 24.3 Å². The molecule has 0 unspecified atom stereocenters. The molecule has 2 rings (SSSR count). The fourth-order valence-corrected chi connectivity index (χ4v) is 1.95. The largest absolute Gasteiger partial charge is 0.458 e. The molecule has 0 saturated heterocycles. The fourth-order valence-electron chi connectivity index (χ4n) is 1.95. The highest BCUT2D eigenvalue weighted by atomic mass is 16.5. The van der Waals surface area contributed by atoms with Crippen LogP contribution < -0.4 is 0 Å². The molecular formula is C13H14O2. The summed E-state index contributed by atoms with van der Waals surface area (Å²) in [5, 5.41) is 0. The van der Waals surface area contributed by atoms with Gasteiger partial charge in [-0.05, 0) is 17.2 Å². The van der Waals surface area contributed by atoms with Crippen molar-refractivity contribution in [3.05, 3.63) is 41.5 Å². The van der Waals surface area contributed by atoms with Crippen LogP contribution in [0.1, 0.15) is 30.9 Å². The highest BCUT2D eigenvalue weighted by molar-refractivity contribution is 5.67. The molecule has 0 heterocycles. The maximum atomic E-state index is 10.9. The first-order chi connectivity index (χ1) is 7.18. The van der Waals surface area contributed by atoms with Crippen LogP contribution in [0, 0.1) is 0 Å². The van der Waals surface area contributed by atoms with Crippen LogP contribution in [0.25, 0.3) is 6.08 Å². The summed E-state index contributed by atoms with van der Waals surface area (Å²) in [5.41, 5.74) is 2.46. The van der Waals surface area contributed by atoms with Gasteiger partial charge in [-0.2, -0.15) is 0 Å². The van der Waals surface area contributed by atoms with E-state index in [0.717, 1.165) is 0 Å². The summed E-state index contributed by atoms with van der Waals surface area (Å²) in [4.78, 5) is 10.9. The maximum absolute atomic E-state index is 10.9. The summed E-state index contributed by atoms with van der Waals surface area (Å²) >= 11 is 0. The minimum absolute atomic E-state index is 0.127. The molecular weight excluding hydrogens is 188 g/mol. The fraction of sp³-hybridized carbons (Fsp3) is 0.308. The lowest BCUT2D eigenvalue weighted by atomic mass is 9.86. The molecule has 0 spiro atoms. The molecule has 0 aliphatic heterocycles. The van der Waals surface area contributed by atoms with Gasteiger partial charge in [0.15, 0.2) is 0 Å². The van der Waals surface area contributed by atoms with Crippen LogP contribution in [0.4, 0.5) is 0 Å². The third kappa shape index (κ3) is 1.94. The second kappa shape index (κ2) is 3.89. The molecule has 1 aromatic carbocycles. The van der Waals surface area contributed by atoms with Gasteiger partial charge in [-0.25, -0.2) is 0 Å². The van der Waals surface area contributed by atoms with Gasteiger partial charge in [-0.15, -0.1) is 0 Å². The van der Waals surface area contributed by atoms with Crippen LogP contribution >= 0.6 is 0 Å². The van der Waals surface area contributed by atoms with Crippen molar-refractivity contribution in [3.8, 4) is 0 Å². The van der Waals surface area contributed by atoms with E-state index in [2.05, 4.69) is 19.1 Å². The van der Waals surface area contributed by atoms with Crippen LogP contribution in [0.3, 0.4) is 0 Å². The Labute approximate surface area is 89.6 Å². The van der Waals surface area contributed by atoms with Gasteiger partial charge in [0.05, 0.1) is 0 Å². The summed E-state index contributed by atoms with van der Waals surface area (Å²) < 4.78 is 5.23. The van der Waals surface area contributed by atoms with Gasteiger partial charge >= 0.3 is 5.97 Å². The Morgan fingerprint density at radius 1 is 1.33 bits per heavy atom. The summed E-state index contributed by atoms with van der Waals surface area (Å²) in [5.74, 6) is 0.00554. The molecule has 0 fully saturated rings. The monoisotopic (exact) mass is 202 g/mol. The number of hydrogen-bond donors (Lipinski definition) is 0. The van der Waals surface area contributed by atoms with Crippen LogP contribution in [0.5, 0.6) is 0 Å². The van der Waals surface area contributed by atoms with Gasteiger partial charge in [-0.1, -0.05) is 37.3 Å². The SMILES string of the molecule is CC(=O)O[C@@H]1C=Cc2ccccc2[C@H]1C. The predicted octanol–water partition coefficient (Wildman–Crippen LogP) is 2.75. The van der Waals surface area contributed by atoms with E-state index < -0.39 is 0 Å². The minimum Gasteiger partial charge on any atom is -0.458 e. The van der Waals surface area contributed by atoms with Crippen molar-refractivity contribution >= 4 is 12.0 Å². The molecule has 2 atom stereocenters. The first-order valence-electron chi connectivity index (χ1n) is 5.13. The number of carbonyl (C=O) groups is 1. The van der Waals surface area contributed by atoms with Crippen molar-refractivity contribution in [1.29, 1.82) is 0 Å². The molecule has 0 bridgehead atoms. The zero-order valence-electron chi connectivity index (χ0n) is 8.94. The zero-order chi connectivity index (χ0) is 10.8. The van der Waals surface area contributed by atoms with Crippen molar-refractivity contribution in [2.24, 2.45) is 0 Å². The van der Waals surface area contributed by atoms with Gasteiger partial charge in [0, 0.05) is 12.8 Å².